The van der Waals surface area contributed by atoms with Crippen molar-refractivity contribution in [2.45, 2.75) is 32.6 Å². The van der Waals surface area contributed by atoms with Crippen LogP contribution in [-0.2, 0) is 4.79 Å². The molecule has 1 saturated carbocycles. The normalized spacial score (nSPS) is 30.6. The van der Waals surface area contributed by atoms with E-state index in [9.17, 15) is 4.79 Å². The minimum atomic E-state index is -0.608. The monoisotopic (exact) mass is 155 g/mol. The fourth-order valence-electron chi connectivity index (χ4n) is 1.85. The Kier molecular flexibility index (Phi) is 2.92. The van der Waals surface area contributed by atoms with Crippen LogP contribution in [0.1, 0.15) is 32.6 Å². The Labute approximate surface area is 67.6 Å². The fraction of sp³-hybridized carbons (Fsp3) is 0.778. The largest absolute Gasteiger partial charge is 0.481 e. The molecule has 0 bridgehead atoms. The van der Waals surface area contributed by atoms with Gasteiger partial charge in [0.25, 0.3) is 0 Å². The maximum atomic E-state index is 10.5. The number of hydrogen-bond acceptors (Lipinski definition) is 1. The highest BCUT2D eigenvalue weighted by Crippen LogP contribution is 2.33. The Morgan fingerprint density at radius 1 is 1.64 bits per heavy atom. The Bertz CT molecular complexity index is 142. The average molecular weight is 155 g/mol. The highest BCUT2D eigenvalue weighted by atomic mass is 16.4. The van der Waals surface area contributed by atoms with Gasteiger partial charge in [0, 0.05) is 0 Å². The zero-order valence-corrected chi connectivity index (χ0v) is 6.92. The quantitative estimate of drug-likeness (QED) is 0.677. The summed E-state index contributed by atoms with van der Waals surface area (Å²) in [5.74, 6) is -0.0235. The lowest BCUT2D eigenvalue weighted by molar-refractivity contribution is -0.141. The van der Waals surface area contributed by atoms with E-state index in [1.807, 2.05) is 6.92 Å². The van der Waals surface area contributed by atoms with Crippen molar-refractivity contribution in [2.24, 2.45) is 11.8 Å². The molecule has 1 fully saturated rings. The van der Waals surface area contributed by atoms with Crippen LogP contribution in [0.2, 0.25) is 0 Å². The molecular formula is C9H15O2. The van der Waals surface area contributed by atoms with E-state index >= 15 is 0 Å². The fourth-order valence-corrected chi connectivity index (χ4v) is 1.85. The van der Waals surface area contributed by atoms with Crippen molar-refractivity contribution in [3.05, 3.63) is 6.42 Å². The van der Waals surface area contributed by atoms with Crippen LogP contribution < -0.4 is 0 Å². The minimum absolute atomic E-state index is 0.0556. The molecule has 2 unspecified atom stereocenters. The number of aliphatic carboxylic acids is 1. The van der Waals surface area contributed by atoms with E-state index in [1.54, 1.807) is 0 Å². The summed E-state index contributed by atoms with van der Waals surface area (Å²) in [4.78, 5) is 10.5. The molecule has 1 aliphatic rings. The van der Waals surface area contributed by atoms with Crippen LogP contribution in [0.25, 0.3) is 0 Å². The maximum Gasteiger partial charge on any atom is 0.306 e. The van der Waals surface area contributed by atoms with Crippen molar-refractivity contribution < 1.29 is 9.90 Å². The van der Waals surface area contributed by atoms with E-state index in [2.05, 4.69) is 6.42 Å². The van der Waals surface area contributed by atoms with Crippen molar-refractivity contribution in [1.82, 2.24) is 0 Å². The second-order valence-electron chi connectivity index (χ2n) is 3.36. The molecule has 0 aromatic rings. The van der Waals surface area contributed by atoms with E-state index in [4.69, 9.17) is 5.11 Å². The number of carboxylic acids is 1. The van der Waals surface area contributed by atoms with Gasteiger partial charge in [-0.05, 0) is 38.0 Å². The molecule has 0 saturated heterocycles. The maximum absolute atomic E-state index is 10.5. The molecule has 63 valence electrons. The lowest BCUT2D eigenvalue weighted by Crippen LogP contribution is -2.09. The molecule has 0 amide bonds. The molecule has 0 aromatic heterocycles. The summed E-state index contributed by atoms with van der Waals surface area (Å²) >= 11 is 0. The molecule has 1 N–H and O–H groups in total. The topological polar surface area (TPSA) is 37.3 Å². The second kappa shape index (κ2) is 3.74. The first kappa shape index (κ1) is 8.57. The molecule has 11 heavy (non-hydrogen) atoms. The van der Waals surface area contributed by atoms with Crippen LogP contribution in [0.15, 0.2) is 0 Å². The van der Waals surface area contributed by atoms with Gasteiger partial charge in [-0.15, -0.1) is 0 Å². The molecular weight excluding hydrogens is 140 g/mol. The van der Waals surface area contributed by atoms with E-state index < -0.39 is 5.97 Å². The van der Waals surface area contributed by atoms with Crippen LogP contribution in [0, 0.1) is 18.3 Å². The van der Waals surface area contributed by atoms with Gasteiger partial charge in [0.2, 0.25) is 0 Å². The van der Waals surface area contributed by atoms with Gasteiger partial charge in [-0.3, -0.25) is 4.79 Å². The summed E-state index contributed by atoms with van der Waals surface area (Å²) in [6, 6.07) is 0. The predicted molar refractivity (Wildman–Crippen MR) is 43.1 cm³/mol. The van der Waals surface area contributed by atoms with Gasteiger partial charge in [-0.25, -0.2) is 0 Å². The molecule has 0 aromatic carbocycles. The van der Waals surface area contributed by atoms with Gasteiger partial charge in [0.05, 0.1) is 5.92 Å². The first-order chi connectivity index (χ1) is 5.24. The van der Waals surface area contributed by atoms with Crippen molar-refractivity contribution in [1.29, 1.82) is 0 Å². The summed E-state index contributed by atoms with van der Waals surface area (Å²) in [5, 5.41) is 8.69. The van der Waals surface area contributed by atoms with Crippen molar-refractivity contribution >= 4 is 5.97 Å². The molecule has 2 atom stereocenters. The van der Waals surface area contributed by atoms with Crippen molar-refractivity contribution in [3.8, 4) is 0 Å². The Morgan fingerprint density at radius 3 is 2.82 bits per heavy atom. The van der Waals surface area contributed by atoms with Gasteiger partial charge in [0.15, 0.2) is 0 Å². The third kappa shape index (κ3) is 2.21. The van der Waals surface area contributed by atoms with Gasteiger partial charge in [-0.1, -0.05) is 6.92 Å². The summed E-state index contributed by atoms with van der Waals surface area (Å²) in [5.41, 5.74) is 0. The zero-order chi connectivity index (χ0) is 8.27. The Balaban J connectivity index is 2.29. The number of rotatable bonds is 3. The van der Waals surface area contributed by atoms with E-state index in [-0.39, 0.29) is 5.92 Å². The van der Waals surface area contributed by atoms with Crippen LogP contribution in [0.3, 0.4) is 0 Å². The summed E-state index contributed by atoms with van der Waals surface area (Å²) < 4.78 is 0. The molecule has 0 aliphatic heterocycles. The van der Waals surface area contributed by atoms with Crippen LogP contribution in [0.5, 0.6) is 0 Å². The number of hydrogen-bond donors (Lipinski definition) is 1. The van der Waals surface area contributed by atoms with Gasteiger partial charge >= 0.3 is 5.97 Å². The Hall–Kier alpha value is -0.530. The van der Waals surface area contributed by atoms with E-state index in [1.165, 1.54) is 0 Å². The highest BCUT2D eigenvalue weighted by Gasteiger charge is 2.28. The summed E-state index contributed by atoms with van der Waals surface area (Å²) in [6.45, 7) is 2.04. The zero-order valence-electron chi connectivity index (χ0n) is 6.92. The van der Waals surface area contributed by atoms with Crippen LogP contribution in [0.4, 0.5) is 0 Å². The third-order valence-electron chi connectivity index (χ3n) is 2.46. The third-order valence-corrected chi connectivity index (χ3v) is 2.46. The summed E-state index contributed by atoms with van der Waals surface area (Å²) in [6.07, 6.45) is 6.09. The smallest absolute Gasteiger partial charge is 0.306 e. The van der Waals surface area contributed by atoms with Gasteiger partial charge in [-0.2, -0.15) is 0 Å². The number of carboxylic acid groups (broad SMARTS) is 1. The Morgan fingerprint density at radius 2 is 2.36 bits per heavy atom. The van der Waals surface area contributed by atoms with E-state index in [0.29, 0.717) is 5.92 Å². The lowest BCUT2D eigenvalue weighted by atomic mass is 10.0. The first-order valence-electron chi connectivity index (χ1n) is 4.24. The number of carbonyl (C=O) groups is 1. The molecule has 1 aliphatic carbocycles. The lowest BCUT2D eigenvalue weighted by Gasteiger charge is -2.05. The minimum Gasteiger partial charge on any atom is -0.481 e. The molecule has 0 spiro atoms. The molecule has 0 heterocycles. The standard InChI is InChI=1S/C9H15O2/c1-2-3-7-4-5-8(6-7)9(10)11/h2,7-8H,3-6H2,1H3,(H,10,11). The van der Waals surface area contributed by atoms with Gasteiger partial charge < -0.3 is 5.11 Å². The van der Waals surface area contributed by atoms with Crippen LogP contribution >= 0.6 is 0 Å². The first-order valence-corrected chi connectivity index (χ1v) is 4.24. The van der Waals surface area contributed by atoms with Gasteiger partial charge in [0.1, 0.15) is 0 Å². The molecule has 1 radical (unpaired) electrons. The predicted octanol–water partition coefficient (Wildman–Crippen LogP) is 2.10. The molecule has 2 heteroatoms. The highest BCUT2D eigenvalue weighted by molar-refractivity contribution is 5.70. The molecule has 2 nitrogen and oxygen atoms in total. The summed E-state index contributed by atoms with van der Waals surface area (Å²) in [7, 11) is 0. The van der Waals surface area contributed by atoms with Crippen molar-refractivity contribution in [2.75, 3.05) is 0 Å². The van der Waals surface area contributed by atoms with Crippen LogP contribution in [-0.4, -0.2) is 11.1 Å². The molecule has 1 rings (SSSR count). The SMILES string of the molecule is C[CH]CC1CCC(C(=O)O)C1. The average Bonchev–Trinajstić information content (AvgIpc) is 2.37. The second-order valence-corrected chi connectivity index (χ2v) is 3.36. The van der Waals surface area contributed by atoms with Crippen molar-refractivity contribution in [3.63, 3.8) is 0 Å². The van der Waals surface area contributed by atoms with E-state index in [0.717, 1.165) is 25.7 Å².